The van der Waals surface area contributed by atoms with E-state index in [1.807, 2.05) is 18.2 Å². The highest BCUT2D eigenvalue weighted by Gasteiger charge is 2.24. The summed E-state index contributed by atoms with van der Waals surface area (Å²) in [4.78, 5) is 24.0. The fraction of sp³-hybridized carbons (Fsp3) is 0.556. The maximum atomic E-state index is 11.9. The molecule has 1 saturated heterocycles. The van der Waals surface area contributed by atoms with Crippen LogP contribution in [0.2, 0.25) is 0 Å². The summed E-state index contributed by atoms with van der Waals surface area (Å²) in [6, 6.07) is 11.0. The Morgan fingerprint density at radius 1 is 1.24 bits per heavy atom. The molecule has 1 aromatic rings. The number of hydrogen-bond acceptors (Lipinski definition) is 4. The third kappa shape index (κ3) is 6.72. The van der Waals surface area contributed by atoms with Crippen molar-refractivity contribution in [3.05, 3.63) is 35.9 Å². The quantitative estimate of drug-likeness (QED) is 0.511. The van der Waals surface area contributed by atoms with Gasteiger partial charge >= 0.3 is 12.0 Å². The van der Waals surface area contributed by atoms with Crippen molar-refractivity contribution in [2.45, 2.75) is 44.2 Å². The first kappa shape index (κ1) is 19.2. The number of carbonyl (C=O) groups excluding carboxylic acids is 1. The second-order valence-electron chi connectivity index (χ2n) is 6.48. The summed E-state index contributed by atoms with van der Waals surface area (Å²) in [5, 5.41) is 11.3. The van der Waals surface area contributed by atoms with Gasteiger partial charge in [-0.25, -0.2) is 4.79 Å². The Hall–Kier alpha value is -2.12. The SMILES string of the molecule is CN(CCCC1CC(c2ccccc2)NN1)C(=O)NCCCC(=O)O. The van der Waals surface area contributed by atoms with Gasteiger partial charge in [0.1, 0.15) is 0 Å². The van der Waals surface area contributed by atoms with E-state index in [2.05, 4.69) is 28.3 Å². The number of amides is 2. The number of hydrogen-bond donors (Lipinski definition) is 4. The first-order valence-corrected chi connectivity index (χ1v) is 8.83. The van der Waals surface area contributed by atoms with Gasteiger partial charge in [-0.2, -0.15) is 0 Å². The van der Waals surface area contributed by atoms with Gasteiger partial charge in [0, 0.05) is 38.6 Å². The van der Waals surface area contributed by atoms with Crippen LogP contribution in [-0.2, 0) is 4.79 Å². The van der Waals surface area contributed by atoms with Crippen molar-refractivity contribution < 1.29 is 14.7 Å². The number of nitrogens with one attached hydrogen (secondary N) is 3. The number of urea groups is 1. The van der Waals surface area contributed by atoms with Crippen molar-refractivity contribution in [2.75, 3.05) is 20.1 Å². The highest BCUT2D eigenvalue weighted by molar-refractivity contribution is 5.73. The molecule has 2 amide bonds. The summed E-state index contributed by atoms with van der Waals surface area (Å²) in [5.41, 5.74) is 7.96. The van der Waals surface area contributed by atoms with E-state index < -0.39 is 5.97 Å². The molecule has 7 nitrogen and oxygen atoms in total. The molecule has 2 atom stereocenters. The van der Waals surface area contributed by atoms with Gasteiger partial charge in [0.15, 0.2) is 0 Å². The van der Waals surface area contributed by atoms with E-state index in [4.69, 9.17) is 5.11 Å². The van der Waals surface area contributed by atoms with Crippen LogP contribution in [0, 0.1) is 0 Å². The number of hydrazine groups is 1. The van der Waals surface area contributed by atoms with Crippen molar-refractivity contribution in [3.8, 4) is 0 Å². The van der Waals surface area contributed by atoms with Crippen LogP contribution in [0.5, 0.6) is 0 Å². The van der Waals surface area contributed by atoms with Gasteiger partial charge in [0.05, 0.1) is 0 Å². The van der Waals surface area contributed by atoms with Crippen molar-refractivity contribution >= 4 is 12.0 Å². The maximum Gasteiger partial charge on any atom is 0.317 e. The van der Waals surface area contributed by atoms with E-state index in [0.717, 1.165) is 19.3 Å². The lowest BCUT2D eigenvalue weighted by Crippen LogP contribution is -2.39. The predicted octanol–water partition coefficient (Wildman–Crippen LogP) is 1.88. The number of benzene rings is 1. The van der Waals surface area contributed by atoms with Gasteiger partial charge in [-0.3, -0.25) is 15.6 Å². The smallest absolute Gasteiger partial charge is 0.317 e. The van der Waals surface area contributed by atoms with Gasteiger partial charge in [0.25, 0.3) is 0 Å². The molecule has 25 heavy (non-hydrogen) atoms. The molecule has 1 heterocycles. The van der Waals surface area contributed by atoms with Crippen LogP contribution in [0.3, 0.4) is 0 Å². The molecule has 0 radical (unpaired) electrons. The fourth-order valence-corrected chi connectivity index (χ4v) is 2.96. The predicted molar refractivity (Wildman–Crippen MR) is 96.0 cm³/mol. The summed E-state index contributed by atoms with van der Waals surface area (Å²) in [6.45, 7) is 1.07. The minimum atomic E-state index is -0.839. The molecule has 4 N–H and O–H groups in total. The summed E-state index contributed by atoms with van der Waals surface area (Å²) >= 11 is 0. The summed E-state index contributed by atoms with van der Waals surface area (Å²) in [7, 11) is 1.76. The molecule has 0 spiro atoms. The lowest BCUT2D eigenvalue weighted by molar-refractivity contribution is -0.137. The third-order valence-corrected chi connectivity index (χ3v) is 4.42. The zero-order valence-corrected chi connectivity index (χ0v) is 14.7. The maximum absolute atomic E-state index is 11.9. The molecule has 0 bridgehead atoms. The van der Waals surface area contributed by atoms with Gasteiger partial charge in [-0.1, -0.05) is 30.3 Å². The van der Waals surface area contributed by atoms with Gasteiger partial charge in [-0.15, -0.1) is 0 Å². The number of carboxylic acid groups (broad SMARTS) is 1. The first-order valence-electron chi connectivity index (χ1n) is 8.83. The van der Waals surface area contributed by atoms with Crippen LogP contribution in [0.4, 0.5) is 4.79 Å². The van der Waals surface area contributed by atoms with Crippen LogP contribution < -0.4 is 16.2 Å². The highest BCUT2D eigenvalue weighted by Crippen LogP contribution is 2.23. The molecular formula is C18H28N4O3. The number of carbonyl (C=O) groups is 2. The van der Waals surface area contributed by atoms with Crippen LogP contribution >= 0.6 is 0 Å². The Balaban J connectivity index is 1.59. The van der Waals surface area contributed by atoms with E-state index in [1.165, 1.54) is 5.56 Å². The fourth-order valence-electron chi connectivity index (χ4n) is 2.96. The molecule has 0 saturated carbocycles. The largest absolute Gasteiger partial charge is 0.481 e. The summed E-state index contributed by atoms with van der Waals surface area (Å²) in [5.74, 6) is -0.839. The average Bonchev–Trinajstić information content (AvgIpc) is 3.08. The summed E-state index contributed by atoms with van der Waals surface area (Å²) < 4.78 is 0. The Morgan fingerprint density at radius 2 is 2.00 bits per heavy atom. The molecule has 2 unspecified atom stereocenters. The van der Waals surface area contributed by atoms with Gasteiger partial charge < -0.3 is 15.3 Å². The third-order valence-electron chi connectivity index (χ3n) is 4.42. The molecular weight excluding hydrogens is 320 g/mol. The Kier molecular flexibility index (Phi) is 7.69. The number of nitrogens with zero attached hydrogens (tertiary/aromatic N) is 1. The molecule has 1 aliphatic rings. The lowest BCUT2D eigenvalue weighted by Gasteiger charge is -2.18. The average molecular weight is 348 g/mol. The van der Waals surface area contributed by atoms with E-state index in [0.29, 0.717) is 31.6 Å². The minimum absolute atomic E-state index is 0.0763. The number of aliphatic carboxylic acids is 1. The Bertz CT molecular complexity index is 553. The van der Waals surface area contributed by atoms with Crippen molar-refractivity contribution in [1.29, 1.82) is 0 Å². The summed E-state index contributed by atoms with van der Waals surface area (Å²) in [6.07, 6.45) is 3.47. The second kappa shape index (κ2) is 10.0. The standard InChI is InChI=1S/C18H28N4O3/c1-22(18(25)19-11-5-10-17(23)24)12-6-9-15-13-16(21-20-15)14-7-3-2-4-8-14/h2-4,7-8,15-16,20-21H,5-6,9-13H2,1H3,(H,19,25)(H,23,24). The first-order chi connectivity index (χ1) is 12.1. The second-order valence-corrected chi connectivity index (χ2v) is 6.48. The lowest BCUT2D eigenvalue weighted by atomic mass is 10.00. The van der Waals surface area contributed by atoms with Crippen LogP contribution in [0.1, 0.15) is 43.7 Å². The highest BCUT2D eigenvalue weighted by atomic mass is 16.4. The van der Waals surface area contributed by atoms with Crippen molar-refractivity contribution in [2.24, 2.45) is 0 Å². The topological polar surface area (TPSA) is 93.7 Å². The zero-order valence-electron chi connectivity index (χ0n) is 14.7. The van der Waals surface area contributed by atoms with Crippen LogP contribution in [0.15, 0.2) is 30.3 Å². The monoisotopic (exact) mass is 348 g/mol. The molecule has 0 aliphatic carbocycles. The minimum Gasteiger partial charge on any atom is -0.481 e. The molecule has 7 heteroatoms. The van der Waals surface area contributed by atoms with Crippen LogP contribution in [0.25, 0.3) is 0 Å². The Labute approximate surface area is 148 Å². The van der Waals surface area contributed by atoms with Crippen LogP contribution in [-0.4, -0.2) is 48.2 Å². The van der Waals surface area contributed by atoms with Gasteiger partial charge in [0.2, 0.25) is 0 Å². The zero-order chi connectivity index (χ0) is 18.1. The van der Waals surface area contributed by atoms with Crippen molar-refractivity contribution in [3.63, 3.8) is 0 Å². The molecule has 138 valence electrons. The van der Waals surface area contributed by atoms with E-state index in [-0.39, 0.29) is 12.5 Å². The molecule has 1 aromatic carbocycles. The van der Waals surface area contributed by atoms with E-state index >= 15 is 0 Å². The van der Waals surface area contributed by atoms with Gasteiger partial charge in [-0.05, 0) is 31.2 Å². The molecule has 2 rings (SSSR count). The Morgan fingerprint density at radius 3 is 2.72 bits per heavy atom. The number of rotatable bonds is 9. The molecule has 1 aliphatic heterocycles. The molecule has 0 aromatic heterocycles. The van der Waals surface area contributed by atoms with E-state index in [9.17, 15) is 9.59 Å². The van der Waals surface area contributed by atoms with E-state index in [1.54, 1.807) is 11.9 Å². The molecule has 1 fully saturated rings. The van der Waals surface area contributed by atoms with Crippen molar-refractivity contribution in [1.82, 2.24) is 21.1 Å². The normalized spacial score (nSPS) is 19.6. The number of carboxylic acids is 1.